The molecular weight excluding hydrogens is 433 g/mol. The molecule has 1 fully saturated rings. The van der Waals surface area contributed by atoms with Crippen LogP contribution < -0.4 is 0 Å². The average molecular weight is 460 g/mol. The number of aliphatic carboxylic acids is 1. The van der Waals surface area contributed by atoms with E-state index in [1.54, 1.807) is 25.3 Å². The van der Waals surface area contributed by atoms with Gasteiger partial charge in [0.25, 0.3) is 0 Å². The van der Waals surface area contributed by atoms with Gasteiger partial charge in [0, 0.05) is 34.2 Å². The smallest absolute Gasteiger partial charge is 0.309 e. The third kappa shape index (κ3) is 3.35. The van der Waals surface area contributed by atoms with E-state index in [2.05, 4.69) is 20.8 Å². The summed E-state index contributed by atoms with van der Waals surface area (Å²) in [5.41, 5.74) is 3.53. The first-order chi connectivity index (χ1) is 16.1. The molecule has 0 amide bonds. The fraction of sp³-hybridized carbons (Fsp3) is 0.385. The number of aromatic amines is 1. The monoisotopic (exact) mass is 459 g/mol. The van der Waals surface area contributed by atoms with Gasteiger partial charge in [-0.3, -0.25) is 9.89 Å². The van der Waals surface area contributed by atoms with Gasteiger partial charge in [0.2, 0.25) is 0 Å². The molecule has 0 saturated heterocycles. The molecule has 34 heavy (non-hydrogen) atoms. The summed E-state index contributed by atoms with van der Waals surface area (Å²) in [5, 5.41) is 27.4. The molecule has 1 unspecified atom stereocenters. The lowest BCUT2D eigenvalue weighted by Gasteiger charge is -2.28. The maximum absolute atomic E-state index is 13.8. The number of hydrogen-bond donors (Lipinski definition) is 2. The molecule has 3 aromatic heterocycles. The Balaban J connectivity index is 1.88. The molecule has 5 rings (SSSR count). The molecule has 8 heteroatoms. The number of halogens is 1. The highest BCUT2D eigenvalue weighted by atomic mass is 19.1. The standard InChI is InChI=1S/C26H26FN5O2/c1-25(2,10-11-28)22-20(15-8-9-26(3,13-15)24(33)34)21-19(12-16-14-29-31-23(16)30-21)32(22)18-6-4-17(27)5-7-18/h4-7,12,14-15H,8-10,13H2,1-3H3,(H,33,34)(H,29,30,31)/t15?,26-/m1/s1. The van der Waals surface area contributed by atoms with E-state index >= 15 is 0 Å². The molecule has 0 radical (unpaired) electrons. The maximum atomic E-state index is 13.8. The molecule has 0 aliphatic heterocycles. The van der Waals surface area contributed by atoms with E-state index in [1.165, 1.54) is 12.1 Å². The number of carbonyl (C=O) groups is 1. The molecule has 7 nitrogen and oxygen atoms in total. The van der Waals surface area contributed by atoms with Crippen molar-refractivity contribution in [1.29, 1.82) is 5.26 Å². The molecule has 1 saturated carbocycles. The van der Waals surface area contributed by atoms with Gasteiger partial charge in [-0.15, -0.1) is 0 Å². The van der Waals surface area contributed by atoms with E-state index in [0.717, 1.165) is 33.4 Å². The topological polar surface area (TPSA) is 108 Å². The predicted molar refractivity (Wildman–Crippen MR) is 126 cm³/mol. The quantitative estimate of drug-likeness (QED) is 0.404. The van der Waals surface area contributed by atoms with Crippen LogP contribution in [0, 0.1) is 22.6 Å². The van der Waals surface area contributed by atoms with Crippen LogP contribution in [0.25, 0.3) is 27.8 Å². The van der Waals surface area contributed by atoms with E-state index in [4.69, 9.17) is 4.98 Å². The van der Waals surface area contributed by atoms with Crippen molar-refractivity contribution < 1.29 is 14.3 Å². The Morgan fingerprint density at radius 3 is 2.76 bits per heavy atom. The Hall–Kier alpha value is -3.73. The lowest BCUT2D eigenvalue weighted by molar-refractivity contribution is -0.147. The Bertz CT molecular complexity index is 1460. The van der Waals surface area contributed by atoms with E-state index in [-0.39, 0.29) is 18.2 Å². The normalized spacial score (nSPS) is 20.7. The lowest BCUT2D eigenvalue weighted by Crippen LogP contribution is -2.25. The van der Waals surface area contributed by atoms with Gasteiger partial charge in [-0.25, -0.2) is 9.37 Å². The molecule has 1 aliphatic rings. The number of carboxylic acids is 1. The number of hydrogen-bond acceptors (Lipinski definition) is 4. The van der Waals surface area contributed by atoms with Gasteiger partial charge in [0.05, 0.1) is 28.7 Å². The van der Waals surface area contributed by atoms with E-state index in [9.17, 15) is 19.6 Å². The summed E-state index contributed by atoms with van der Waals surface area (Å²) in [4.78, 5) is 17.0. The molecule has 0 spiro atoms. The van der Waals surface area contributed by atoms with Gasteiger partial charge >= 0.3 is 5.97 Å². The Morgan fingerprint density at radius 2 is 2.12 bits per heavy atom. The molecule has 2 atom stereocenters. The average Bonchev–Trinajstić information content (AvgIpc) is 3.48. The number of nitrogens with zero attached hydrogens (tertiary/aromatic N) is 4. The second kappa shape index (κ2) is 7.66. The number of fused-ring (bicyclic) bond motifs is 2. The van der Waals surface area contributed by atoms with Gasteiger partial charge < -0.3 is 9.67 Å². The summed E-state index contributed by atoms with van der Waals surface area (Å²) >= 11 is 0. The third-order valence-corrected chi connectivity index (χ3v) is 7.29. The van der Waals surface area contributed by atoms with Crippen LogP contribution in [0.5, 0.6) is 0 Å². The molecule has 4 aromatic rings. The van der Waals surface area contributed by atoms with Crippen LogP contribution in [0.1, 0.15) is 63.6 Å². The summed E-state index contributed by atoms with van der Waals surface area (Å²) in [6, 6.07) is 10.6. The van der Waals surface area contributed by atoms with Crippen molar-refractivity contribution in [3.8, 4) is 11.8 Å². The first-order valence-electron chi connectivity index (χ1n) is 11.4. The Morgan fingerprint density at radius 1 is 1.38 bits per heavy atom. The second-order valence-electron chi connectivity index (χ2n) is 10.3. The second-order valence-corrected chi connectivity index (χ2v) is 10.3. The number of H-pyrrole nitrogens is 1. The highest BCUT2D eigenvalue weighted by Gasteiger charge is 2.45. The minimum absolute atomic E-state index is 0.0360. The van der Waals surface area contributed by atoms with Crippen molar-refractivity contribution in [1.82, 2.24) is 19.7 Å². The van der Waals surface area contributed by atoms with Gasteiger partial charge in [-0.05, 0) is 62.4 Å². The van der Waals surface area contributed by atoms with Crippen LogP contribution in [-0.2, 0) is 10.2 Å². The number of pyridine rings is 1. The van der Waals surface area contributed by atoms with Crippen molar-refractivity contribution in [3.05, 3.63) is 53.6 Å². The summed E-state index contributed by atoms with van der Waals surface area (Å²) in [6.45, 7) is 5.84. The van der Waals surface area contributed by atoms with Crippen molar-refractivity contribution in [2.24, 2.45) is 5.41 Å². The largest absolute Gasteiger partial charge is 0.481 e. The summed E-state index contributed by atoms with van der Waals surface area (Å²) in [5.74, 6) is -1.16. The zero-order valence-corrected chi connectivity index (χ0v) is 19.4. The molecule has 1 aromatic carbocycles. The van der Waals surface area contributed by atoms with Gasteiger partial charge in [-0.2, -0.15) is 10.4 Å². The van der Waals surface area contributed by atoms with E-state index in [0.29, 0.717) is 24.9 Å². The number of nitrogens with one attached hydrogen (secondary N) is 1. The fourth-order valence-electron chi connectivity index (χ4n) is 5.47. The molecule has 2 N–H and O–H groups in total. The van der Waals surface area contributed by atoms with Crippen LogP contribution in [0.3, 0.4) is 0 Å². The SMILES string of the molecule is CC(C)(CC#N)c1c(C2CC[C@@](C)(C(=O)O)C2)c2nc3[nH]ncc3cc2n1-c1ccc(F)cc1. The maximum Gasteiger partial charge on any atom is 0.309 e. The van der Waals surface area contributed by atoms with Gasteiger partial charge in [0.15, 0.2) is 5.65 Å². The van der Waals surface area contributed by atoms with Crippen molar-refractivity contribution >= 4 is 28.0 Å². The first kappa shape index (κ1) is 22.1. The number of aromatic nitrogens is 4. The van der Waals surface area contributed by atoms with Crippen molar-refractivity contribution in [2.75, 3.05) is 0 Å². The highest BCUT2D eigenvalue weighted by molar-refractivity contribution is 5.94. The Kier molecular flexibility index (Phi) is 4.97. The molecule has 0 bridgehead atoms. The minimum Gasteiger partial charge on any atom is -0.481 e. The van der Waals surface area contributed by atoms with Crippen LogP contribution in [0.15, 0.2) is 36.5 Å². The zero-order chi connectivity index (χ0) is 24.3. The molecule has 174 valence electrons. The number of carboxylic acid groups (broad SMARTS) is 1. The van der Waals surface area contributed by atoms with Gasteiger partial charge in [0.1, 0.15) is 5.82 Å². The summed E-state index contributed by atoms with van der Waals surface area (Å²) in [6.07, 6.45) is 3.74. The summed E-state index contributed by atoms with van der Waals surface area (Å²) < 4.78 is 15.9. The molecule has 1 aliphatic carbocycles. The zero-order valence-electron chi connectivity index (χ0n) is 19.4. The van der Waals surface area contributed by atoms with Crippen molar-refractivity contribution in [3.63, 3.8) is 0 Å². The number of rotatable bonds is 5. The first-order valence-corrected chi connectivity index (χ1v) is 11.4. The summed E-state index contributed by atoms with van der Waals surface area (Å²) in [7, 11) is 0. The molecular formula is C26H26FN5O2. The van der Waals surface area contributed by atoms with Crippen LogP contribution in [-0.4, -0.2) is 30.8 Å². The van der Waals surface area contributed by atoms with Crippen LogP contribution in [0.2, 0.25) is 0 Å². The van der Waals surface area contributed by atoms with Crippen LogP contribution in [0.4, 0.5) is 4.39 Å². The van der Waals surface area contributed by atoms with Gasteiger partial charge in [-0.1, -0.05) is 13.8 Å². The van der Waals surface area contributed by atoms with E-state index < -0.39 is 16.8 Å². The fourth-order valence-corrected chi connectivity index (χ4v) is 5.47. The Labute approximate surface area is 196 Å². The highest BCUT2D eigenvalue weighted by Crippen LogP contribution is 2.52. The predicted octanol–water partition coefficient (Wildman–Crippen LogP) is 5.59. The molecule has 3 heterocycles. The number of benzene rings is 1. The van der Waals surface area contributed by atoms with Crippen LogP contribution >= 0.6 is 0 Å². The van der Waals surface area contributed by atoms with E-state index in [1.807, 2.05) is 19.9 Å². The third-order valence-electron chi connectivity index (χ3n) is 7.29. The van der Waals surface area contributed by atoms with Crippen molar-refractivity contribution in [2.45, 2.75) is 57.8 Å². The lowest BCUT2D eigenvalue weighted by atomic mass is 9.79. The number of nitriles is 1. The minimum atomic E-state index is -0.816.